The summed E-state index contributed by atoms with van der Waals surface area (Å²) in [6.45, 7) is 1.51. The largest absolute Gasteiger partial charge is 0.387 e. The van der Waals surface area contributed by atoms with Crippen molar-refractivity contribution in [2.75, 3.05) is 6.61 Å². The van der Waals surface area contributed by atoms with Crippen molar-refractivity contribution in [3.8, 4) is 0 Å². The minimum Gasteiger partial charge on any atom is -0.387 e. The van der Waals surface area contributed by atoms with Crippen LogP contribution in [0.1, 0.15) is 18.9 Å². The Bertz CT molecular complexity index is 337. The number of rotatable bonds is 5. The smallest absolute Gasteiger partial charge is 0.245 e. The molecule has 0 fully saturated rings. The van der Waals surface area contributed by atoms with Gasteiger partial charge >= 0.3 is 0 Å². The first-order valence-corrected chi connectivity index (χ1v) is 6.34. The zero-order valence-electron chi connectivity index (χ0n) is 9.24. The van der Waals surface area contributed by atoms with Crippen LogP contribution in [0, 0.1) is 3.57 Å². The Balaban J connectivity index is 2.34. The van der Waals surface area contributed by atoms with Gasteiger partial charge in [-0.1, -0.05) is 12.1 Å². The lowest BCUT2D eigenvalue weighted by molar-refractivity contribution is -0.124. The van der Waals surface area contributed by atoms with E-state index in [0.29, 0.717) is 0 Å². The number of halogens is 1. The molecule has 1 aromatic rings. The van der Waals surface area contributed by atoms with Gasteiger partial charge in [-0.15, -0.1) is 0 Å². The van der Waals surface area contributed by atoms with Gasteiger partial charge in [-0.2, -0.15) is 0 Å². The van der Waals surface area contributed by atoms with E-state index in [4.69, 9.17) is 5.11 Å². The number of aliphatic hydroxyl groups is 1. The number of hydrogen-bond acceptors (Lipinski definition) is 2. The fraction of sp³-hybridized carbons (Fsp3) is 0.417. The van der Waals surface area contributed by atoms with Crippen LogP contribution in [-0.4, -0.2) is 23.7 Å². The minimum atomic E-state index is -0.437. The molecular formula is C12H16INO2. The third-order valence-electron chi connectivity index (χ3n) is 2.33. The molecule has 1 rings (SSSR count). The van der Waals surface area contributed by atoms with Gasteiger partial charge in [-0.25, -0.2) is 0 Å². The van der Waals surface area contributed by atoms with Crippen LogP contribution in [-0.2, 0) is 11.2 Å². The molecule has 3 nitrogen and oxygen atoms in total. The first kappa shape index (κ1) is 13.4. The Hall–Kier alpha value is -0.620. The predicted molar refractivity (Wildman–Crippen MR) is 72.2 cm³/mol. The number of benzene rings is 1. The molecule has 0 bridgehead atoms. The number of amides is 1. The topological polar surface area (TPSA) is 49.3 Å². The van der Waals surface area contributed by atoms with Crippen molar-refractivity contribution in [2.24, 2.45) is 0 Å². The van der Waals surface area contributed by atoms with Crippen molar-refractivity contribution in [1.29, 1.82) is 0 Å². The highest BCUT2D eigenvalue weighted by atomic mass is 127. The molecule has 1 atom stereocenters. The molecule has 0 radical (unpaired) electrons. The molecular weight excluding hydrogens is 317 g/mol. The normalized spacial score (nSPS) is 12.2. The molecule has 16 heavy (non-hydrogen) atoms. The van der Waals surface area contributed by atoms with Gasteiger partial charge in [0.1, 0.15) is 6.61 Å². The zero-order chi connectivity index (χ0) is 12.0. The molecule has 0 aliphatic rings. The highest BCUT2D eigenvalue weighted by Crippen LogP contribution is 2.09. The Morgan fingerprint density at radius 1 is 1.44 bits per heavy atom. The lowest BCUT2D eigenvalue weighted by Crippen LogP contribution is -2.34. The Morgan fingerprint density at radius 3 is 2.62 bits per heavy atom. The van der Waals surface area contributed by atoms with Crippen molar-refractivity contribution >= 4 is 28.5 Å². The summed E-state index contributed by atoms with van der Waals surface area (Å²) in [6, 6.07) is 8.45. The molecule has 0 aromatic heterocycles. The second kappa shape index (κ2) is 6.85. The van der Waals surface area contributed by atoms with E-state index in [1.165, 1.54) is 9.13 Å². The number of carbonyl (C=O) groups excluding carboxylic acids is 1. The molecule has 0 aliphatic heterocycles. The van der Waals surface area contributed by atoms with Crippen LogP contribution in [0.4, 0.5) is 0 Å². The van der Waals surface area contributed by atoms with E-state index < -0.39 is 6.61 Å². The fourth-order valence-corrected chi connectivity index (χ4v) is 1.79. The number of aryl methyl sites for hydroxylation is 1. The maximum atomic E-state index is 10.9. The summed E-state index contributed by atoms with van der Waals surface area (Å²) in [5.41, 5.74) is 1.27. The van der Waals surface area contributed by atoms with Crippen molar-refractivity contribution in [3.05, 3.63) is 33.4 Å². The van der Waals surface area contributed by atoms with Crippen LogP contribution in [0.5, 0.6) is 0 Å². The average molecular weight is 333 g/mol. The summed E-state index contributed by atoms with van der Waals surface area (Å²) >= 11 is 2.27. The number of nitrogens with one attached hydrogen (secondary N) is 1. The zero-order valence-corrected chi connectivity index (χ0v) is 11.4. The maximum absolute atomic E-state index is 10.9. The summed E-state index contributed by atoms with van der Waals surface area (Å²) < 4.78 is 1.22. The van der Waals surface area contributed by atoms with E-state index in [9.17, 15) is 4.79 Å². The van der Waals surface area contributed by atoms with Crippen molar-refractivity contribution in [2.45, 2.75) is 25.8 Å². The summed E-state index contributed by atoms with van der Waals surface area (Å²) in [5.74, 6) is -0.310. The first-order valence-electron chi connectivity index (χ1n) is 5.26. The van der Waals surface area contributed by atoms with Gasteiger partial charge in [-0.3, -0.25) is 4.79 Å². The van der Waals surface area contributed by atoms with Gasteiger partial charge in [0.25, 0.3) is 0 Å². The van der Waals surface area contributed by atoms with Crippen LogP contribution in [0.25, 0.3) is 0 Å². The van der Waals surface area contributed by atoms with Gasteiger partial charge in [0.2, 0.25) is 5.91 Å². The van der Waals surface area contributed by atoms with Gasteiger partial charge in [-0.05, 0) is 60.1 Å². The fourth-order valence-electron chi connectivity index (χ4n) is 1.43. The van der Waals surface area contributed by atoms with Gasteiger partial charge in [0, 0.05) is 9.61 Å². The quantitative estimate of drug-likeness (QED) is 0.806. The third kappa shape index (κ3) is 4.94. The minimum absolute atomic E-state index is 0.0962. The van der Waals surface area contributed by atoms with Crippen LogP contribution >= 0.6 is 22.6 Å². The molecule has 0 aliphatic carbocycles. The van der Waals surface area contributed by atoms with Crippen molar-refractivity contribution in [1.82, 2.24) is 5.32 Å². The van der Waals surface area contributed by atoms with E-state index in [0.717, 1.165) is 12.8 Å². The summed E-state index contributed by atoms with van der Waals surface area (Å²) in [7, 11) is 0. The molecule has 1 unspecified atom stereocenters. The number of aliphatic hydroxyl groups excluding tert-OH is 1. The lowest BCUT2D eigenvalue weighted by Gasteiger charge is -2.12. The van der Waals surface area contributed by atoms with Crippen LogP contribution < -0.4 is 5.32 Å². The van der Waals surface area contributed by atoms with Gasteiger partial charge < -0.3 is 10.4 Å². The Labute approximate surface area is 109 Å². The van der Waals surface area contributed by atoms with E-state index in [1.807, 2.05) is 6.92 Å². The molecule has 0 spiro atoms. The number of carbonyl (C=O) groups is 1. The Kier molecular flexibility index (Phi) is 5.76. The SMILES string of the molecule is CC(CCc1ccc(I)cc1)NC(=O)CO. The van der Waals surface area contributed by atoms with Crippen LogP contribution in [0.2, 0.25) is 0 Å². The Morgan fingerprint density at radius 2 is 2.06 bits per heavy atom. The van der Waals surface area contributed by atoms with E-state index in [1.54, 1.807) is 0 Å². The highest BCUT2D eigenvalue weighted by Gasteiger charge is 2.05. The summed E-state index contributed by atoms with van der Waals surface area (Å²) in [4.78, 5) is 10.9. The highest BCUT2D eigenvalue weighted by molar-refractivity contribution is 14.1. The molecule has 0 heterocycles. The first-order chi connectivity index (χ1) is 7.61. The van der Waals surface area contributed by atoms with Crippen molar-refractivity contribution < 1.29 is 9.90 Å². The standard InChI is InChI=1S/C12H16INO2/c1-9(14-12(16)8-15)2-3-10-4-6-11(13)7-5-10/h4-7,9,15H,2-3,8H2,1H3,(H,14,16). The average Bonchev–Trinajstić information content (AvgIpc) is 2.28. The maximum Gasteiger partial charge on any atom is 0.245 e. The molecule has 0 saturated carbocycles. The molecule has 0 saturated heterocycles. The number of hydrogen-bond donors (Lipinski definition) is 2. The van der Waals surface area contributed by atoms with Crippen LogP contribution in [0.15, 0.2) is 24.3 Å². The third-order valence-corrected chi connectivity index (χ3v) is 3.05. The van der Waals surface area contributed by atoms with E-state index in [-0.39, 0.29) is 11.9 Å². The molecule has 4 heteroatoms. The van der Waals surface area contributed by atoms with Gasteiger partial charge in [0.05, 0.1) is 0 Å². The lowest BCUT2D eigenvalue weighted by atomic mass is 10.1. The van der Waals surface area contributed by atoms with E-state index >= 15 is 0 Å². The van der Waals surface area contributed by atoms with E-state index in [2.05, 4.69) is 52.2 Å². The molecule has 88 valence electrons. The van der Waals surface area contributed by atoms with Crippen LogP contribution in [0.3, 0.4) is 0 Å². The summed E-state index contributed by atoms with van der Waals surface area (Å²) in [6.07, 6.45) is 1.82. The monoisotopic (exact) mass is 333 g/mol. The van der Waals surface area contributed by atoms with Crippen molar-refractivity contribution in [3.63, 3.8) is 0 Å². The van der Waals surface area contributed by atoms with Gasteiger partial charge in [0.15, 0.2) is 0 Å². The summed E-state index contributed by atoms with van der Waals surface area (Å²) in [5, 5.41) is 11.3. The second-order valence-electron chi connectivity index (χ2n) is 3.79. The molecule has 1 amide bonds. The predicted octanol–water partition coefficient (Wildman–Crippen LogP) is 1.72. The molecule has 2 N–H and O–H groups in total. The molecule has 1 aromatic carbocycles. The second-order valence-corrected chi connectivity index (χ2v) is 5.04.